The first kappa shape index (κ1) is 23.5. The molecule has 0 bridgehead atoms. The Bertz CT molecular complexity index is 1020. The first-order chi connectivity index (χ1) is 15.3. The molecule has 0 spiro atoms. The molecule has 1 atom stereocenters. The number of benzene rings is 2. The first-order valence-corrected chi connectivity index (χ1v) is 11.2. The van der Waals surface area contributed by atoms with Crippen LogP contribution in [0.5, 0.6) is 0 Å². The fourth-order valence-corrected chi connectivity index (χ4v) is 3.53. The molecule has 1 heterocycles. The van der Waals surface area contributed by atoms with Gasteiger partial charge in [0.2, 0.25) is 5.91 Å². The van der Waals surface area contributed by atoms with Crippen LogP contribution in [0.1, 0.15) is 36.8 Å². The average molecular weight is 449 g/mol. The maximum Gasteiger partial charge on any atom is 0.270 e. The van der Waals surface area contributed by atoms with Gasteiger partial charge in [-0.2, -0.15) is 0 Å². The molecule has 3 rings (SSSR count). The van der Waals surface area contributed by atoms with E-state index in [1.54, 1.807) is 36.3 Å². The fraction of sp³-hybridized carbons (Fsp3) is 0.240. The summed E-state index contributed by atoms with van der Waals surface area (Å²) < 4.78 is 3.36. The Balaban J connectivity index is 1.69. The molecule has 2 aromatic carbocycles. The lowest BCUT2D eigenvalue weighted by Crippen LogP contribution is -2.45. The fourth-order valence-electron chi connectivity index (χ4n) is 2.84. The van der Waals surface area contributed by atoms with E-state index < -0.39 is 6.04 Å². The number of rotatable bonds is 8. The zero-order chi connectivity index (χ0) is 23.0. The Morgan fingerprint density at radius 1 is 0.938 bits per heavy atom. The Kier molecular flexibility index (Phi) is 8.03. The molecule has 0 radical (unpaired) electrons. The van der Waals surface area contributed by atoms with Crippen LogP contribution in [-0.4, -0.2) is 28.4 Å². The van der Waals surface area contributed by atoms with Crippen LogP contribution in [0.25, 0.3) is 0 Å². The summed E-state index contributed by atoms with van der Waals surface area (Å²) in [5.41, 5.74) is 1.88. The summed E-state index contributed by atoms with van der Waals surface area (Å²) in [6.07, 6.45) is 1.92. The minimum Gasteiger partial charge on any atom is -0.339 e. The standard InChI is InChI=1S/C25H28N4O2S/c1-25(2,3)29-32-20-14-12-19(13-15-20)27-24(31)22(17-18-9-5-4-6-10-18)28-23(30)21-11-7-8-16-26-21/h4-16,22,29H,17H2,1-3H3,(H,27,31)(H,28,30)/t22-/m0/s1. The van der Waals surface area contributed by atoms with Crippen molar-refractivity contribution < 1.29 is 9.59 Å². The number of carbonyl (C=O) groups is 2. The van der Waals surface area contributed by atoms with Crippen LogP contribution in [0.15, 0.2) is 83.9 Å². The molecule has 6 nitrogen and oxygen atoms in total. The summed E-state index contributed by atoms with van der Waals surface area (Å²) in [4.78, 5) is 30.8. The Morgan fingerprint density at radius 2 is 1.62 bits per heavy atom. The molecule has 0 aliphatic heterocycles. The highest BCUT2D eigenvalue weighted by Crippen LogP contribution is 2.20. The van der Waals surface area contributed by atoms with Gasteiger partial charge in [-0.25, -0.2) is 0 Å². The van der Waals surface area contributed by atoms with Crippen molar-refractivity contribution in [3.63, 3.8) is 0 Å². The largest absolute Gasteiger partial charge is 0.339 e. The third-order valence-corrected chi connectivity index (χ3v) is 5.62. The molecule has 0 fully saturated rings. The zero-order valence-corrected chi connectivity index (χ0v) is 19.3. The number of nitrogens with one attached hydrogen (secondary N) is 3. The summed E-state index contributed by atoms with van der Waals surface area (Å²) in [5.74, 6) is -0.673. The normalized spacial score (nSPS) is 12.1. The molecular formula is C25H28N4O2S. The maximum absolute atomic E-state index is 13.1. The van der Waals surface area contributed by atoms with Gasteiger partial charge in [-0.3, -0.25) is 19.3 Å². The van der Waals surface area contributed by atoms with Gasteiger partial charge in [-0.1, -0.05) is 36.4 Å². The number of carbonyl (C=O) groups excluding carboxylic acids is 2. The predicted molar refractivity (Wildman–Crippen MR) is 129 cm³/mol. The maximum atomic E-state index is 13.1. The second-order valence-corrected chi connectivity index (χ2v) is 9.28. The van der Waals surface area contributed by atoms with Crippen LogP contribution in [0.2, 0.25) is 0 Å². The third kappa shape index (κ3) is 7.51. The van der Waals surface area contributed by atoms with Crippen LogP contribution in [0.4, 0.5) is 5.69 Å². The van der Waals surface area contributed by atoms with Crippen molar-refractivity contribution in [1.82, 2.24) is 15.0 Å². The van der Waals surface area contributed by atoms with Crippen molar-refractivity contribution in [2.75, 3.05) is 5.32 Å². The smallest absolute Gasteiger partial charge is 0.270 e. The van der Waals surface area contributed by atoms with Crippen LogP contribution in [-0.2, 0) is 11.2 Å². The molecule has 166 valence electrons. The highest BCUT2D eigenvalue weighted by Gasteiger charge is 2.22. The third-order valence-electron chi connectivity index (χ3n) is 4.40. The molecule has 7 heteroatoms. The summed E-state index contributed by atoms with van der Waals surface area (Å²) in [5, 5.41) is 5.74. The van der Waals surface area contributed by atoms with Crippen LogP contribution in [0, 0.1) is 0 Å². The lowest BCUT2D eigenvalue weighted by atomic mass is 10.0. The van der Waals surface area contributed by atoms with Gasteiger partial charge in [0.15, 0.2) is 0 Å². The molecule has 3 aromatic rings. The van der Waals surface area contributed by atoms with Crippen LogP contribution >= 0.6 is 11.9 Å². The molecule has 3 N–H and O–H groups in total. The van der Waals surface area contributed by atoms with E-state index in [0.29, 0.717) is 12.1 Å². The van der Waals surface area contributed by atoms with Gasteiger partial charge in [-0.15, -0.1) is 0 Å². The molecule has 0 aliphatic carbocycles. The Hall–Kier alpha value is -3.16. The van der Waals surface area contributed by atoms with Gasteiger partial charge in [-0.05, 0) is 74.7 Å². The van der Waals surface area contributed by atoms with Gasteiger partial charge in [0.25, 0.3) is 5.91 Å². The van der Waals surface area contributed by atoms with E-state index >= 15 is 0 Å². The molecule has 0 saturated heterocycles. The number of hydrogen-bond acceptors (Lipinski definition) is 5. The summed E-state index contributed by atoms with van der Waals surface area (Å²) in [6, 6.07) is 21.5. The second kappa shape index (κ2) is 10.9. The highest BCUT2D eigenvalue weighted by atomic mass is 32.2. The monoisotopic (exact) mass is 448 g/mol. The van der Waals surface area contributed by atoms with E-state index in [-0.39, 0.29) is 23.0 Å². The minimum absolute atomic E-state index is 0.00592. The van der Waals surface area contributed by atoms with Crippen molar-refractivity contribution in [3.05, 3.63) is 90.3 Å². The lowest BCUT2D eigenvalue weighted by Gasteiger charge is -2.20. The SMILES string of the molecule is CC(C)(C)NSc1ccc(NC(=O)[C@H](Cc2ccccc2)NC(=O)c2ccccn2)cc1. The van der Waals surface area contributed by atoms with Crippen molar-refractivity contribution in [3.8, 4) is 0 Å². The quantitative estimate of drug-likeness (QED) is 0.443. The van der Waals surface area contributed by atoms with E-state index in [4.69, 9.17) is 0 Å². The van der Waals surface area contributed by atoms with Crippen LogP contribution in [0.3, 0.4) is 0 Å². The van der Waals surface area contributed by atoms with Crippen molar-refractivity contribution >= 4 is 29.4 Å². The topological polar surface area (TPSA) is 83.1 Å². The van der Waals surface area contributed by atoms with E-state index in [2.05, 4.69) is 41.1 Å². The second-order valence-electron chi connectivity index (χ2n) is 8.40. The molecular weight excluding hydrogens is 420 g/mol. The van der Waals surface area contributed by atoms with E-state index in [0.717, 1.165) is 10.5 Å². The Morgan fingerprint density at radius 3 is 2.25 bits per heavy atom. The van der Waals surface area contributed by atoms with Gasteiger partial charge in [0, 0.05) is 28.7 Å². The highest BCUT2D eigenvalue weighted by molar-refractivity contribution is 7.97. The molecule has 0 aliphatic rings. The van der Waals surface area contributed by atoms with E-state index in [9.17, 15) is 9.59 Å². The Labute approximate surface area is 193 Å². The van der Waals surface area contributed by atoms with Crippen LogP contribution < -0.4 is 15.4 Å². The predicted octanol–water partition coefficient (Wildman–Crippen LogP) is 4.46. The minimum atomic E-state index is -0.747. The van der Waals surface area contributed by atoms with Crippen molar-refractivity contribution in [1.29, 1.82) is 0 Å². The van der Waals surface area contributed by atoms with E-state index in [1.165, 1.54) is 0 Å². The number of aromatic nitrogens is 1. The van der Waals surface area contributed by atoms with Gasteiger partial charge in [0.05, 0.1) is 0 Å². The number of amides is 2. The molecule has 1 aromatic heterocycles. The van der Waals surface area contributed by atoms with Crippen molar-refractivity contribution in [2.45, 2.75) is 43.7 Å². The molecule has 2 amide bonds. The van der Waals surface area contributed by atoms with Gasteiger partial charge < -0.3 is 10.6 Å². The number of nitrogens with zero attached hydrogens (tertiary/aromatic N) is 1. The number of pyridine rings is 1. The summed E-state index contributed by atoms with van der Waals surface area (Å²) in [7, 11) is 0. The summed E-state index contributed by atoms with van der Waals surface area (Å²) in [6.45, 7) is 6.29. The number of hydrogen-bond donors (Lipinski definition) is 3. The first-order valence-electron chi connectivity index (χ1n) is 10.4. The summed E-state index contributed by atoms with van der Waals surface area (Å²) >= 11 is 1.54. The lowest BCUT2D eigenvalue weighted by molar-refractivity contribution is -0.118. The van der Waals surface area contributed by atoms with Gasteiger partial charge >= 0.3 is 0 Å². The van der Waals surface area contributed by atoms with Crippen molar-refractivity contribution in [2.24, 2.45) is 0 Å². The van der Waals surface area contributed by atoms with Gasteiger partial charge in [0.1, 0.15) is 11.7 Å². The molecule has 0 saturated carbocycles. The zero-order valence-electron chi connectivity index (χ0n) is 18.5. The molecule has 32 heavy (non-hydrogen) atoms. The average Bonchev–Trinajstić information content (AvgIpc) is 2.79. The van der Waals surface area contributed by atoms with E-state index in [1.807, 2.05) is 54.6 Å². The molecule has 0 unspecified atom stereocenters. The number of anilines is 1.